The zero-order valence-electron chi connectivity index (χ0n) is 16.1. The summed E-state index contributed by atoms with van der Waals surface area (Å²) in [5.74, 6) is 0. The van der Waals surface area contributed by atoms with Crippen LogP contribution in [0.3, 0.4) is 0 Å². The van der Waals surface area contributed by atoms with Crippen LogP contribution in [0.4, 0.5) is 0 Å². The maximum absolute atomic E-state index is 9.86. The van der Waals surface area contributed by atoms with Gasteiger partial charge in [-0.15, -0.1) is 0 Å². The maximum Gasteiger partial charge on any atom is 0.186 e. The van der Waals surface area contributed by atoms with Gasteiger partial charge in [-0.05, 0) is 5.56 Å². The van der Waals surface area contributed by atoms with Gasteiger partial charge in [-0.25, -0.2) is 0 Å². The minimum absolute atomic E-state index is 0.236. The molecule has 13 heteroatoms. The van der Waals surface area contributed by atoms with Crippen molar-refractivity contribution in [2.24, 2.45) is 0 Å². The van der Waals surface area contributed by atoms with Crippen LogP contribution < -0.4 is 13.3 Å². The third-order valence-electron chi connectivity index (χ3n) is 5.11. The molecule has 7 N–H and O–H groups in total. The van der Waals surface area contributed by atoms with Crippen LogP contribution >= 0.6 is 37.2 Å². The van der Waals surface area contributed by atoms with Crippen LogP contribution in [-0.2, 0) is 14.2 Å². The average molecular weight is 783 g/mol. The molecular weight excluding hydrogens is 757 g/mol. The fourth-order valence-corrected chi connectivity index (χ4v) is 3.40. The van der Waals surface area contributed by atoms with Gasteiger partial charge in [-0.1, -0.05) is 30.3 Å². The molecule has 3 heterocycles. The summed E-state index contributed by atoms with van der Waals surface area (Å²) in [6, 6.07) is 8.92. The van der Waals surface area contributed by atoms with Crippen molar-refractivity contribution in [3.05, 3.63) is 35.9 Å². The number of benzene rings is 1. The number of aliphatic hydroxyl groups is 7. The molecule has 3 aliphatic rings. The first-order chi connectivity index (χ1) is 14.8. The van der Waals surface area contributed by atoms with Gasteiger partial charge in [0.2, 0.25) is 0 Å². The van der Waals surface area contributed by atoms with Gasteiger partial charge < -0.3 is 50.0 Å². The van der Waals surface area contributed by atoms with Crippen LogP contribution in [-0.4, -0.2) is 104 Å². The Labute approximate surface area is 209 Å². The van der Waals surface area contributed by atoms with Gasteiger partial charge in [0.05, 0.1) is 13.2 Å². The molecule has 10 atom stereocenters. The minimum atomic E-state index is -1.33. The standard InChI is InChI=1S/C12H16O5.C6H10O5.I3/c13-6-8-9(14)10(15)11(16)12(17-8)7-4-2-1-3-5-7;7-3-2-1-10-6(11-2)5(9)4(3)8;1-3-2/h1-5,8-16H,6H2;2-9H,1H2;/q;;-1/t8-,9?,10+,11?,12+;2-,3?,4+,5?,6-;/m11./s1. The predicted octanol–water partition coefficient (Wildman–Crippen LogP) is -4.20. The van der Waals surface area contributed by atoms with Gasteiger partial charge in [-0.3, -0.25) is 0 Å². The molecule has 0 amide bonds. The molecule has 1 aromatic carbocycles. The van der Waals surface area contributed by atoms with E-state index in [1.807, 2.05) is 6.07 Å². The Bertz CT molecular complexity index is 622. The van der Waals surface area contributed by atoms with Crippen LogP contribution in [0.25, 0.3) is 0 Å². The molecule has 3 saturated heterocycles. The van der Waals surface area contributed by atoms with E-state index in [0.717, 1.165) is 0 Å². The monoisotopic (exact) mass is 783 g/mol. The van der Waals surface area contributed by atoms with Crippen molar-refractivity contribution >= 4 is 37.2 Å². The summed E-state index contributed by atoms with van der Waals surface area (Å²) in [5.41, 5.74) is 0.699. The Morgan fingerprint density at radius 2 is 1.39 bits per heavy atom. The topological polar surface area (TPSA) is 169 Å². The van der Waals surface area contributed by atoms with Crippen molar-refractivity contribution in [1.82, 2.24) is 0 Å². The molecule has 0 saturated carbocycles. The van der Waals surface area contributed by atoms with Crippen molar-refractivity contribution in [2.75, 3.05) is 13.2 Å². The summed E-state index contributed by atoms with van der Waals surface area (Å²) >= 11 is 5.30. The first kappa shape index (κ1) is 28.2. The van der Waals surface area contributed by atoms with E-state index in [0.29, 0.717) is 18.8 Å². The second kappa shape index (κ2) is 13.8. The average Bonchev–Trinajstić information content (AvgIpc) is 3.24. The van der Waals surface area contributed by atoms with Gasteiger partial charge in [0.25, 0.3) is 0 Å². The van der Waals surface area contributed by atoms with Gasteiger partial charge in [0.1, 0.15) is 54.9 Å². The van der Waals surface area contributed by atoms with Crippen LogP contribution in [0.5, 0.6) is 0 Å². The van der Waals surface area contributed by atoms with E-state index >= 15 is 0 Å². The SMILES string of the molecule is I[I-]I.OC1[C@@H]2OC[C@@H](O2)C(O)[C@@H]1O.OC[C@H]1O[C@@H](c2ccccc2)C(O)[C@@H](O)C1O. The van der Waals surface area contributed by atoms with Crippen LogP contribution in [0.15, 0.2) is 30.3 Å². The second-order valence-corrected chi connectivity index (χ2v) is 23.3. The Hall–Kier alpha value is 1.01. The van der Waals surface area contributed by atoms with Crippen LogP contribution in [0.2, 0.25) is 0 Å². The van der Waals surface area contributed by atoms with Gasteiger partial charge in [0, 0.05) is 0 Å². The molecule has 180 valence electrons. The first-order valence-electron chi connectivity index (χ1n) is 9.30. The summed E-state index contributed by atoms with van der Waals surface area (Å²) in [7, 11) is 0. The second-order valence-electron chi connectivity index (χ2n) is 7.06. The van der Waals surface area contributed by atoms with Crippen LogP contribution in [0, 0.1) is 0 Å². The summed E-state index contributed by atoms with van der Waals surface area (Å²) < 4.78 is 15.4. The molecular formula is C18H26I3O10-. The van der Waals surface area contributed by atoms with E-state index in [9.17, 15) is 25.5 Å². The first-order valence-corrected chi connectivity index (χ1v) is 21.9. The van der Waals surface area contributed by atoms with Crippen molar-refractivity contribution < 1.29 is 63.2 Å². The van der Waals surface area contributed by atoms with Gasteiger partial charge in [-0.2, -0.15) is 0 Å². The Balaban J connectivity index is 0.000000209. The Kier molecular flexibility index (Phi) is 12.6. The molecule has 0 aromatic heterocycles. The van der Waals surface area contributed by atoms with Gasteiger partial charge in [0.15, 0.2) is 6.29 Å². The number of hydrogen-bond donors (Lipinski definition) is 7. The zero-order chi connectivity index (χ0) is 23.1. The number of ether oxygens (including phenoxy) is 3. The predicted molar refractivity (Wildman–Crippen MR) is 120 cm³/mol. The smallest absolute Gasteiger partial charge is 0.186 e. The molecule has 0 radical (unpaired) electrons. The number of fused-ring (bicyclic) bond motifs is 2. The van der Waals surface area contributed by atoms with Crippen molar-refractivity contribution in [3.8, 4) is 0 Å². The third kappa shape index (κ3) is 7.25. The van der Waals surface area contributed by atoms with Crippen molar-refractivity contribution in [3.63, 3.8) is 0 Å². The van der Waals surface area contributed by atoms with E-state index in [1.54, 1.807) is 24.3 Å². The number of aliphatic hydroxyl groups excluding tert-OH is 7. The summed E-state index contributed by atoms with van der Waals surface area (Å²) in [4.78, 5) is 0. The molecule has 1 aromatic rings. The Morgan fingerprint density at radius 1 is 0.806 bits per heavy atom. The molecule has 0 aliphatic carbocycles. The largest absolute Gasteiger partial charge is 0.394 e. The third-order valence-corrected chi connectivity index (χ3v) is 5.11. The molecule has 4 rings (SSSR count). The van der Waals surface area contributed by atoms with E-state index in [1.165, 1.54) is 0 Å². The number of hydrogen-bond acceptors (Lipinski definition) is 10. The fourth-order valence-electron chi connectivity index (χ4n) is 3.40. The van der Waals surface area contributed by atoms with Gasteiger partial charge >= 0.3 is 50.5 Å². The molecule has 4 unspecified atom stereocenters. The molecule has 31 heavy (non-hydrogen) atoms. The number of halogens is 3. The Morgan fingerprint density at radius 3 is 1.97 bits per heavy atom. The zero-order valence-corrected chi connectivity index (χ0v) is 22.5. The van der Waals surface area contributed by atoms with E-state index in [2.05, 4.69) is 37.2 Å². The molecule has 2 bridgehead atoms. The summed E-state index contributed by atoms with van der Waals surface area (Å²) in [6.45, 7) is -0.172. The van der Waals surface area contributed by atoms with Crippen molar-refractivity contribution in [1.29, 1.82) is 0 Å². The van der Waals surface area contributed by atoms with E-state index < -0.39 is 67.8 Å². The van der Waals surface area contributed by atoms with E-state index in [4.69, 9.17) is 24.4 Å². The van der Waals surface area contributed by atoms with Crippen LogP contribution in [0.1, 0.15) is 11.7 Å². The number of rotatable bonds is 2. The normalized spacial score (nSPS) is 41.6. The quantitative estimate of drug-likeness (QED) is 0.146. The maximum atomic E-state index is 9.86. The molecule has 0 spiro atoms. The summed E-state index contributed by atoms with van der Waals surface area (Å²) in [6.07, 6.45) is -10.0. The van der Waals surface area contributed by atoms with Crippen molar-refractivity contribution in [2.45, 2.75) is 61.2 Å². The van der Waals surface area contributed by atoms with E-state index in [-0.39, 0.29) is 6.61 Å². The molecule has 3 aliphatic heterocycles. The molecule has 10 nitrogen and oxygen atoms in total. The molecule has 3 fully saturated rings. The summed E-state index contributed by atoms with van der Waals surface area (Å²) in [5, 5.41) is 65.7. The minimum Gasteiger partial charge on any atom is -0.394 e. The fraction of sp³-hybridized carbons (Fsp3) is 0.667.